The van der Waals surface area contributed by atoms with Gasteiger partial charge in [-0.05, 0) is 61.8 Å². The third kappa shape index (κ3) is 6.72. The monoisotopic (exact) mass is 371 g/mol. The highest BCUT2D eigenvalue weighted by atomic mass is 16.6. The first kappa shape index (κ1) is 22.1. The minimum absolute atomic E-state index is 0.379. The fourth-order valence-electron chi connectivity index (χ4n) is 2.32. The molecule has 0 aliphatic carbocycles. The summed E-state index contributed by atoms with van der Waals surface area (Å²) >= 11 is 0. The molecule has 8 nitrogen and oxygen atoms in total. The van der Waals surface area contributed by atoms with E-state index >= 15 is 0 Å². The van der Waals surface area contributed by atoms with Gasteiger partial charge >= 0.3 is 18.1 Å². The number of hydrazine groups is 1. The van der Waals surface area contributed by atoms with Gasteiger partial charge in [0.05, 0.1) is 5.92 Å². The standard InChI is InChI=1S/C18H33N3O5/c1-12(14(22)25-17(3,4)5)13(2)19-15(23)20-10-9-11-21(20)16(24)26-18(6,7)8/h12-13H,9-11H2,1-8H3,(H,19,23)/t12-,13?/m1/s1. The number of hydrogen-bond acceptors (Lipinski definition) is 5. The zero-order chi connectivity index (χ0) is 20.3. The van der Waals surface area contributed by atoms with E-state index in [0.29, 0.717) is 19.5 Å². The fourth-order valence-corrected chi connectivity index (χ4v) is 2.32. The van der Waals surface area contributed by atoms with Gasteiger partial charge in [0.15, 0.2) is 0 Å². The number of ether oxygens (including phenoxy) is 2. The average molecular weight is 371 g/mol. The second-order valence-electron chi connectivity index (χ2n) is 8.64. The molecule has 1 N–H and O–H groups in total. The van der Waals surface area contributed by atoms with Crippen molar-refractivity contribution < 1.29 is 23.9 Å². The molecule has 1 rings (SSSR count). The van der Waals surface area contributed by atoms with Gasteiger partial charge in [0.1, 0.15) is 11.2 Å². The summed E-state index contributed by atoms with van der Waals surface area (Å²) in [6.45, 7) is 15.0. The van der Waals surface area contributed by atoms with E-state index in [1.54, 1.807) is 55.4 Å². The molecule has 0 saturated carbocycles. The maximum Gasteiger partial charge on any atom is 0.429 e. The van der Waals surface area contributed by atoms with Crippen molar-refractivity contribution in [3.63, 3.8) is 0 Å². The van der Waals surface area contributed by atoms with E-state index in [1.165, 1.54) is 10.0 Å². The van der Waals surface area contributed by atoms with Crippen molar-refractivity contribution in [2.24, 2.45) is 5.92 Å². The normalized spacial score (nSPS) is 17.5. The molecule has 8 heteroatoms. The Hall–Kier alpha value is -1.99. The number of carbonyl (C=O) groups is 3. The van der Waals surface area contributed by atoms with Crippen molar-refractivity contribution in [3.05, 3.63) is 0 Å². The third-order valence-corrected chi connectivity index (χ3v) is 3.75. The van der Waals surface area contributed by atoms with Crippen LogP contribution in [0.3, 0.4) is 0 Å². The molecule has 3 amide bonds. The van der Waals surface area contributed by atoms with Gasteiger partial charge in [-0.25, -0.2) is 19.6 Å². The summed E-state index contributed by atoms with van der Waals surface area (Å²) in [5, 5.41) is 5.40. The van der Waals surface area contributed by atoms with Crippen LogP contribution in [-0.2, 0) is 14.3 Å². The molecule has 2 atom stereocenters. The highest BCUT2D eigenvalue weighted by Crippen LogP contribution is 2.18. The molecule has 0 aromatic carbocycles. The molecule has 1 unspecified atom stereocenters. The molecule has 0 aromatic rings. The SMILES string of the molecule is CC(NC(=O)N1CCCN1C(=O)OC(C)(C)C)[C@@H](C)C(=O)OC(C)(C)C. The number of urea groups is 1. The lowest BCUT2D eigenvalue weighted by molar-refractivity contribution is -0.160. The van der Waals surface area contributed by atoms with Crippen LogP contribution in [0.4, 0.5) is 9.59 Å². The summed E-state index contributed by atoms with van der Waals surface area (Å²) in [7, 11) is 0. The molecular weight excluding hydrogens is 338 g/mol. The predicted octanol–water partition coefficient (Wildman–Crippen LogP) is 2.92. The Kier molecular flexibility index (Phi) is 6.90. The molecule has 1 heterocycles. The number of hydrogen-bond donors (Lipinski definition) is 1. The van der Waals surface area contributed by atoms with Gasteiger partial charge < -0.3 is 14.8 Å². The van der Waals surface area contributed by atoms with Gasteiger partial charge in [-0.1, -0.05) is 0 Å². The van der Waals surface area contributed by atoms with Gasteiger partial charge in [-0.15, -0.1) is 0 Å². The minimum Gasteiger partial charge on any atom is -0.460 e. The van der Waals surface area contributed by atoms with Gasteiger partial charge in [0, 0.05) is 19.1 Å². The Morgan fingerprint density at radius 1 is 0.885 bits per heavy atom. The van der Waals surface area contributed by atoms with Crippen molar-refractivity contribution in [1.29, 1.82) is 0 Å². The fraction of sp³-hybridized carbons (Fsp3) is 0.833. The summed E-state index contributed by atoms with van der Waals surface area (Å²) in [4.78, 5) is 37.0. The van der Waals surface area contributed by atoms with Gasteiger partial charge in [-0.3, -0.25) is 4.79 Å². The molecule has 26 heavy (non-hydrogen) atoms. The molecule has 1 aliphatic heterocycles. The van der Waals surface area contributed by atoms with Crippen LogP contribution in [0.25, 0.3) is 0 Å². The molecule has 1 saturated heterocycles. The van der Waals surface area contributed by atoms with Crippen LogP contribution in [-0.4, -0.2) is 58.4 Å². The summed E-state index contributed by atoms with van der Waals surface area (Å²) in [6, 6.07) is -0.880. The van der Waals surface area contributed by atoms with Crippen molar-refractivity contribution in [1.82, 2.24) is 15.3 Å². The van der Waals surface area contributed by atoms with E-state index in [1.807, 2.05) is 0 Å². The first-order valence-corrected chi connectivity index (χ1v) is 9.02. The summed E-state index contributed by atoms with van der Waals surface area (Å²) < 4.78 is 10.7. The predicted molar refractivity (Wildman–Crippen MR) is 97.3 cm³/mol. The number of nitrogens with zero attached hydrogens (tertiary/aromatic N) is 2. The quantitative estimate of drug-likeness (QED) is 0.771. The third-order valence-electron chi connectivity index (χ3n) is 3.75. The Morgan fingerprint density at radius 2 is 1.38 bits per heavy atom. The zero-order valence-corrected chi connectivity index (χ0v) is 17.2. The van der Waals surface area contributed by atoms with E-state index < -0.39 is 35.3 Å². The smallest absolute Gasteiger partial charge is 0.429 e. The van der Waals surface area contributed by atoms with E-state index in [9.17, 15) is 14.4 Å². The van der Waals surface area contributed by atoms with Crippen LogP contribution in [0.1, 0.15) is 61.8 Å². The highest BCUT2D eigenvalue weighted by Gasteiger charge is 2.35. The Labute approximate surface area is 156 Å². The Bertz CT molecular complexity index is 536. The summed E-state index contributed by atoms with van der Waals surface area (Å²) in [5.74, 6) is -0.897. The Morgan fingerprint density at radius 3 is 1.88 bits per heavy atom. The minimum atomic E-state index is -0.639. The number of amides is 3. The molecule has 150 valence electrons. The van der Waals surface area contributed by atoms with E-state index in [-0.39, 0.29) is 5.97 Å². The molecule has 0 aromatic heterocycles. The number of nitrogens with one attached hydrogen (secondary N) is 1. The average Bonchev–Trinajstić information content (AvgIpc) is 2.92. The van der Waals surface area contributed by atoms with Crippen LogP contribution in [0.5, 0.6) is 0 Å². The van der Waals surface area contributed by atoms with Crippen LogP contribution < -0.4 is 5.32 Å². The van der Waals surface area contributed by atoms with Crippen LogP contribution in [0, 0.1) is 5.92 Å². The summed E-state index contributed by atoms with van der Waals surface area (Å²) in [5.41, 5.74) is -1.22. The lowest BCUT2D eigenvalue weighted by Gasteiger charge is -2.32. The van der Waals surface area contributed by atoms with E-state index in [4.69, 9.17) is 9.47 Å². The van der Waals surface area contributed by atoms with E-state index in [2.05, 4.69) is 5.32 Å². The Balaban J connectivity index is 2.67. The van der Waals surface area contributed by atoms with Crippen molar-refractivity contribution in [2.45, 2.75) is 79.1 Å². The molecule has 0 radical (unpaired) electrons. The van der Waals surface area contributed by atoms with Crippen molar-refractivity contribution in [2.75, 3.05) is 13.1 Å². The van der Waals surface area contributed by atoms with E-state index in [0.717, 1.165) is 0 Å². The van der Waals surface area contributed by atoms with Gasteiger partial charge in [0.25, 0.3) is 0 Å². The maximum absolute atomic E-state index is 12.6. The second-order valence-corrected chi connectivity index (χ2v) is 8.64. The highest BCUT2D eigenvalue weighted by molar-refractivity contribution is 5.80. The molecular formula is C18H33N3O5. The van der Waals surface area contributed by atoms with Gasteiger partial charge in [0.2, 0.25) is 0 Å². The lowest BCUT2D eigenvalue weighted by Crippen LogP contribution is -2.53. The number of esters is 1. The van der Waals surface area contributed by atoms with Crippen LogP contribution in [0.15, 0.2) is 0 Å². The molecule has 0 spiro atoms. The number of rotatable bonds is 3. The first-order valence-electron chi connectivity index (χ1n) is 9.02. The molecule has 0 bridgehead atoms. The molecule has 1 aliphatic rings. The van der Waals surface area contributed by atoms with Crippen LogP contribution >= 0.6 is 0 Å². The number of carbonyl (C=O) groups excluding carboxylic acids is 3. The molecule has 1 fully saturated rings. The van der Waals surface area contributed by atoms with Crippen molar-refractivity contribution >= 4 is 18.1 Å². The maximum atomic E-state index is 12.6. The zero-order valence-electron chi connectivity index (χ0n) is 17.2. The largest absolute Gasteiger partial charge is 0.460 e. The van der Waals surface area contributed by atoms with Crippen molar-refractivity contribution in [3.8, 4) is 0 Å². The van der Waals surface area contributed by atoms with Crippen LogP contribution in [0.2, 0.25) is 0 Å². The van der Waals surface area contributed by atoms with Gasteiger partial charge in [-0.2, -0.15) is 0 Å². The topological polar surface area (TPSA) is 88.2 Å². The first-order chi connectivity index (χ1) is 11.7. The summed E-state index contributed by atoms with van der Waals surface area (Å²) in [6.07, 6.45) is 0.112. The second kappa shape index (κ2) is 8.14. The lowest BCUT2D eigenvalue weighted by atomic mass is 10.0.